The van der Waals surface area contributed by atoms with E-state index in [1.165, 1.54) is 0 Å². The summed E-state index contributed by atoms with van der Waals surface area (Å²) < 4.78 is 24.9. The number of hydrogen-bond acceptors (Lipinski definition) is 4. The van der Waals surface area contributed by atoms with Crippen molar-refractivity contribution in [3.63, 3.8) is 0 Å². The van der Waals surface area contributed by atoms with Crippen molar-refractivity contribution < 1.29 is 13.2 Å². The molecule has 0 unspecified atom stereocenters. The first-order chi connectivity index (χ1) is 9.90. The fourth-order valence-corrected chi connectivity index (χ4v) is 2.93. The highest BCUT2D eigenvalue weighted by atomic mass is 35.5. The van der Waals surface area contributed by atoms with Crippen LogP contribution in [0.15, 0.2) is 12.4 Å². The van der Waals surface area contributed by atoms with Gasteiger partial charge in [0.1, 0.15) is 0 Å². The zero-order valence-electron chi connectivity index (χ0n) is 12.8. The Balaban J connectivity index is 0.00000242. The molecule has 0 aromatic carbocycles. The van der Waals surface area contributed by atoms with E-state index in [2.05, 4.69) is 9.71 Å². The number of fused-ring (bicyclic) bond motifs is 1. The van der Waals surface area contributed by atoms with Crippen molar-refractivity contribution in [3.05, 3.63) is 29.1 Å². The first-order valence-corrected chi connectivity index (χ1v) is 8.97. The van der Waals surface area contributed by atoms with Gasteiger partial charge in [-0.2, -0.15) is 0 Å². The highest BCUT2D eigenvalue weighted by molar-refractivity contribution is 7.88. The SMILES string of the molecule is CCCC(=O)N1CCc2c(CNS(C)(=O)=O)cncc2C1.Cl. The van der Waals surface area contributed by atoms with E-state index in [0.717, 1.165) is 35.8 Å². The monoisotopic (exact) mass is 347 g/mol. The van der Waals surface area contributed by atoms with E-state index in [9.17, 15) is 13.2 Å². The summed E-state index contributed by atoms with van der Waals surface area (Å²) in [4.78, 5) is 18.0. The van der Waals surface area contributed by atoms with Crippen molar-refractivity contribution >= 4 is 28.3 Å². The number of aromatic nitrogens is 1. The number of amides is 1. The van der Waals surface area contributed by atoms with Crippen LogP contribution in [0.2, 0.25) is 0 Å². The number of carbonyl (C=O) groups is 1. The lowest BCUT2D eigenvalue weighted by molar-refractivity contribution is -0.132. The van der Waals surface area contributed by atoms with Crippen LogP contribution in [-0.4, -0.2) is 37.0 Å². The molecule has 124 valence electrons. The molecule has 0 aliphatic carbocycles. The van der Waals surface area contributed by atoms with Crippen LogP contribution < -0.4 is 4.72 Å². The van der Waals surface area contributed by atoms with Crippen LogP contribution in [0.5, 0.6) is 0 Å². The Morgan fingerprint density at radius 1 is 1.41 bits per heavy atom. The molecule has 1 aromatic heterocycles. The number of sulfonamides is 1. The zero-order chi connectivity index (χ0) is 15.5. The topological polar surface area (TPSA) is 79.4 Å². The second-order valence-electron chi connectivity index (χ2n) is 5.34. The minimum atomic E-state index is -3.22. The van der Waals surface area contributed by atoms with Gasteiger partial charge in [-0.1, -0.05) is 6.92 Å². The van der Waals surface area contributed by atoms with Gasteiger partial charge < -0.3 is 4.90 Å². The highest BCUT2D eigenvalue weighted by Crippen LogP contribution is 2.22. The summed E-state index contributed by atoms with van der Waals surface area (Å²) in [5.41, 5.74) is 3.01. The van der Waals surface area contributed by atoms with Crippen LogP contribution in [0, 0.1) is 0 Å². The predicted molar refractivity (Wildman–Crippen MR) is 87.2 cm³/mol. The Hall–Kier alpha value is -1.18. The molecule has 1 aromatic rings. The van der Waals surface area contributed by atoms with Gasteiger partial charge in [0, 0.05) is 38.4 Å². The summed E-state index contributed by atoms with van der Waals surface area (Å²) >= 11 is 0. The van der Waals surface area contributed by atoms with E-state index < -0.39 is 10.0 Å². The van der Waals surface area contributed by atoms with Crippen molar-refractivity contribution in [2.75, 3.05) is 12.8 Å². The number of halogens is 1. The van der Waals surface area contributed by atoms with Gasteiger partial charge in [0.05, 0.1) is 6.26 Å². The third kappa shape index (κ3) is 4.93. The first-order valence-electron chi connectivity index (χ1n) is 7.07. The van der Waals surface area contributed by atoms with E-state index in [0.29, 0.717) is 19.5 Å². The van der Waals surface area contributed by atoms with Crippen molar-refractivity contribution in [2.45, 2.75) is 39.3 Å². The number of nitrogens with zero attached hydrogens (tertiary/aromatic N) is 2. The Kier molecular flexibility index (Phi) is 6.77. The number of rotatable bonds is 5. The maximum absolute atomic E-state index is 12.0. The molecule has 1 amide bonds. The molecule has 0 saturated heterocycles. The normalized spacial score (nSPS) is 14.2. The standard InChI is InChI=1S/C14H21N3O3S.ClH/c1-3-4-14(18)17-6-5-13-11(9-16-21(2,19)20)7-15-8-12(13)10-17;/h7-8,16H,3-6,9-10H2,1-2H3;1H. The molecule has 22 heavy (non-hydrogen) atoms. The van der Waals surface area contributed by atoms with Gasteiger partial charge in [-0.25, -0.2) is 13.1 Å². The Bertz CT molecular complexity index is 634. The average molecular weight is 348 g/mol. The summed E-state index contributed by atoms with van der Waals surface area (Å²) in [5.74, 6) is 0.169. The third-order valence-electron chi connectivity index (χ3n) is 3.57. The highest BCUT2D eigenvalue weighted by Gasteiger charge is 2.22. The van der Waals surface area contributed by atoms with E-state index in [-0.39, 0.29) is 24.9 Å². The lowest BCUT2D eigenvalue weighted by Gasteiger charge is -2.30. The molecule has 1 aliphatic heterocycles. The average Bonchev–Trinajstić information content (AvgIpc) is 2.43. The number of nitrogens with one attached hydrogen (secondary N) is 1. The van der Waals surface area contributed by atoms with Gasteiger partial charge in [-0.3, -0.25) is 9.78 Å². The molecule has 2 rings (SSSR count). The molecular formula is C14H22ClN3O3S. The van der Waals surface area contributed by atoms with Crippen LogP contribution in [0.1, 0.15) is 36.5 Å². The number of pyridine rings is 1. The van der Waals surface area contributed by atoms with Gasteiger partial charge in [0.25, 0.3) is 0 Å². The van der Waals surface area contributed by atoms with Crippen molar-refractivity contribution in [3.8, 4) is 0 Å². The minimum absolute atomic E-state index is 0. The molecule has 1 N–H and O–H groups in total. The molecule has 0 saturated carbocycles. The van der Waals surface area contributed by atoms with Gasteiger partial charge in [-0.05, 0) is 29.5 Å². The molecule has 0 bridgehead atoms. The Morgan fingerprint density at radius 3 is 2.77 bits per heavy atom. The van der Waals surface area contributed by atoms with Crippen LogP contribution in [-0.2, 0) is 34.3 Å². The second kappa shape index (κ2) is 7.89. The third-order valence-corrected chi connectivity index (χ3v) is 4.24. The number of carbonyl (C=O) groups excluding carboxylic acids is 1. The van der Waals surface area contributed by atoms with Gasteiger partial charge >= 0.3 is 0 Å². The van der Waals surface area contributed by atoms with Crippen LogP contribution in [0.4, 0.5) is 0 Å². The molecule has 8 heteroatoms. The van der Waals surface area contributed by atoms with E-state index in [1.54, 1.807) is 12.4 Å². The number of hydrogen-bond donors (Lipinski definition) is 1. The van der Waals surface area contributed by atoms with E-state index in [4.69, 9.17) is 0 Å². The van der Waals surface area contributed by atoms with E-state index in [1.807, 2.05) is 11.8 Å². The lowest BCUT2D eigenvalue weighted by atomic mass is 9.97. The van der Waals surface area contributed by atoms with Crippen molar-refractivity contribution in [1.29, 1.82) is 0 Å². The Morgan fingerprint density at radius 2 is 2.14 bits per heavy atom. The quantitative estimate of drug-likeness (QED) is 0.869. The smallest absolute Gasteiger partial charge is 0.222 e. The fraction of sp³-hybridized carbons (Fsp3) is 0.571. The molecule has 1 aliphatic rings. The zero-order valence-corrected chi connectivity index (χ0v) is 14.5. The van der Waals surface area contributed by atoms with Crippen LogP contribution in [0.25, 0.3) is 0 Å². The predicted octanol–water partition coefficient (Wildman–Crippen LogP) is 1.24. The molecular weight excluding hydrogens is 326 g/mol. The molecule has 0 atom stereocenters. The minimum Gasteiger partial charge on any atom is -0.338 e. The van der Waals surface area contributed by atoms with Gasteiger partial charge in [-0.15, -0.1) is 12.4 Å². The fourth-order valence-electron chi connectivity index (χ4n) is 2.51. The molecule has 6 nitrogen and oxygen atoms in total. The van der Waals surface area contributed by atoms with Crippen LogP contribution >= 0.6 is 12.4 Å². The van der Waals surface area contributed by atoms with Crippen LogP contribution in [0.3, 0.4) is 0 Å². The van der Waals surface area contributed by atoms with Crippen molar-refractivity contribution in [2.24, 2.45) is 0 Å². The summed E-state index contributed by atoms with van der Waals surface area (Å²) in [6.07, 6.45) is 6.76. The van der Waals surface area contributed by atoms with E-state index >= 15 is 0 Å². The lowest BCUT2D eigenvalue weighted by Crippen LogP contribution is -2.36. The largest absolute Gasteiger partial charge is 0.338 e. The van der Waals surface area contributed by atoms with Gasteiger partial charge in [0.2, 0.25) is 15.9 Å². The second-order valence-corrected chi connectivity index (χ2v) is 7.18. The molecule has 2 heterocycles. The molecule has 0 radical (unpaired) electrons. The summed E-state index contributed by atoms with van der Waals surface area (Å²) in [7, 11) is -3.22. The maximum Gasteiger partial charge on any atom is 0.222 e. The Labute approximate surface area is 137 Å². The summed E-state index contributed by atoms with van der Waals surface area (Å²) in [6, 6.07) is 0. The first kappa shape index (κ1) is 18.9. The molecule has 0 fully saturated rings. The summed E-state index contributed by atoms with van der Waals surface area (Å²) in [5, 5.41) is 0. The van der Waals surface area contributed by atoms with Gasteiger partial charge in [0.15, 0.2) is 0 Å². The van der Waals surface area contributed by atoms with Crippen molar-refractivity contribution in [1.82, 2.24) is 14.6 Å². The maximum atomic E-state index is 12.0. The summed E-state index contributed by atoms with van der Waals surface area (Å²) in [6.45, 7) is 3.49. The molecule has 0 spiro atoms.